The van der Waals surface area contributed by atoms with Crippen LogP contribution in [0.1, 0.15) is 5.56 Å². The average molecular weight is 336 g/mol. The van der Waals surface area contributed by atoms with Crippen LogP contribution in [-0.4, -0.2) is 9.97 Å². The van der Waals surface area contributed by atoms with E-state index in [1.54, 1.807) is 30.6 Å². The van der Waals surface area contributed by atoms with E-state index in [2.05, 4.69) is 20.6 Å². The zero-order chi connectivity index (χ0) is 17.4. The molecule has 0 amide bonds. The summed E-state index contributed by atoms with van der Waals surface area (Å²) in [5, 5.41) is 5.86. The van der Waals surface area contributed by atoms with Gasteiger partial charge in [-0.1, -0.05) is 12.1 Å². The molecule has 4 aromatic rings. The Morgan fingerprint density at radius 3 is 2.72 bits per heavy atom. The molecule has 0 radical (unpaired) electrons. The zero-order valence-electron chi connectivity index (χ0n) is 13.0. The molecule has 0 aliphatic heterocycles. The number of aromatic nitrogens is 2. The lowest BCUT2D eigenvalue weighted by molar-refractivity contribution is 0.626. The van der Waals surface area contributed by atoms with E-state index in [0.29, 0.717) is 11.3 Å². The van der Waals surface area contributed by atoms with Crippen molar-refractivity contribution in [1.29, 1.82) is 0 Å². The van der Waals surface area contributed by atoms with E-state index in [9.17, 15) is 14.0 Å². The lowest BCUT2D eigenvalue weighted by atomic mass is 10.1. The fourth-order valence-electron chi connectivity index (χ4n) is 2.67. The fourth-order valence-corrected chi connectivity index (χ4v) is 2.67. The number of imidazole rings is 1. The first-order valence-corrected chi connectivity index (χ1v) is 7.63. The number of hydrogen-bond donors (Lipinski definition) is 3. The third kappa shape index (κ3) is 2.76. The van der Waals surface area contributed by atoms with Crippen molar-refractivity contribution < 1.29 is 4.39 Å². The van der Waals surface area contributed by atoms with Crippen molar-refractivity contribution >= 4 is 28.1 Å². The highest BCUT2D eigenvalue weighted by Crippen LogP contribution is 2.23. The molecule has 0 atom stereocenters. The molecule has 124 valence electrons. The summed E-state index contributed by atoms with van der Waals surface area (Å²) in [6, 6.07) is 11.4. The number of fused-ring (bicyclic) bond motifs is 1. The smallest absolute Gasteiger partial charge is 0.253 e. The predicted octanol–water partition coefficient (Wildman–Crippen LogP) is 2.65. The topological polar surface area (TPSA) is 86.9 Å². The van der Waals surface area contributed by atoms with Crippen LogP contribution in [0.5, 0.6) is 0 Å². The SMILES string of the molecule is O=c1c(NCc2cccc(F)c2)c(Nc2ccc3[nH]cnc3c2)c1=O. The van der Waals surface area contributed by atoms with Gasteiger partial charge in [-0.15, -0.1) is 0 Å². The zero-order valence-corrected chi connectivity index (χ0v) is 13.0. The van der Waals surface area contributed by atoms with Gasteiger partial charge < -0.3 is 15.6 Å². The molecule has 0 unspecified atom stereocenters. The molecule has 3 N–H and O–H groups in total. The number of hydrogen-bond acceptors (Lipinski definition) is 5. The highest BCUT2D eigenvalue weighted by atomic mass is 19.1. The largest absolute Gasteiger partial charge is 0.376 e. The van der Waals surface area contributed by atoms with Crippen LogP contribution in [0.4, 0.5) is 21.5 Å². The molecular formula is C18H13FN4O2. The quantitative estimate of drug-likeness (QED) is 0.488. The first kappa shape index (κ1) is 15.1. The minimum absolute atomic E-state index is 0.205. The van der Waals surface area contributed by atoms with Crippen molar-refractivity contribution in [3.8, 4) is 0 Å². The third-order valence-electron chi connectivity index (χ3n) is 3.96. The number of nitrogens with zero attached hydrogens (tertiary/aromatic N) is 1. The number of nitrogens with one attached hydrogen (secondary N) is 3. The molecule has 0 saturated heterocycles. The van der Waals surface area contributed by atoms with Gasteiger partial charge in [0.1, 0.15) is 17.2 Å². The van der Waals surface area contributed by atoms with Crippen molar-refractivity contribution in [1.82, 2.24) is 9.97 Å². The molecule has 1 aromatic heterocycles. The van der Waals surface area contributed by atoms with Crippen LogP contribution in [-0.2, 0) is 6.54 Å². The van der Waals surface area contributed by atoms with Gasteiger partial charge in [-0.3, -0.25) is 9.59 Å². The van der Waals surface area contributed by atoms with Crippen LogP contribution in [0.25, 0.3) is 11.0 Å². The number of aromatic amines is 1. The molecular weight excluding hydrogens is 323 g/mol. The molecule has 6 nitrogen and oxygen atoms in total. The van der Waals surface area contributed by atoms with E-state index in [1.807, 2.05) is 6.07 Å². The van der Waals surface area contributed by atoms with Crippen molar-refractivity contribution in [2.75, 3.05) is 10.6 Å². The fraction of sp³-hybridized carbons (Fsp3) is 0.0556. The van der Waals surface area contributed by atoms with Gasteiger partial charge in [-0.2, -0.15) is 0 Å². The van der Waals surface area contributed by atoms with Gasteiger partial charge >= 0.3 is 0 Å². The van der Waals surface area contributed by atoms with Crippen molar-refractivity contribution in [3.05, 3.63) is 80.6 Å². The van der Waals surface area contributed by atoms with Crippen LogP contribution in [0, 0.1) is 5.82 Å². The van der Waals surface area contributed by atoms with Crippen LogP contribution in [0.15, 0.2) is 58.4 Å². The van der Waals surface area contributed by atoms with Gasteiger partial charge in [-0.05, 0) is 35.9 Å². The second-order valence-electron chi connectivity index (χ2n) is 5.65. The summed E-state index contributed by atoms with van der Waals surface area (Å²) in [5.74, 6) is -0.352. The third-order valence-corrected chi connectivity index (χ3v) is 3.96. The summed E-state index contributed by atoms with van der Waals surface area (Å²) in [6.07, 6.45) is 1.58. The Morgan fingerprint density at radius 2 is 1.88 bits per heavy atom. The Balaban J connectivity index is 1.55. The van der Waals surface area contributed by atoms with E-state index < -0.39 is 10.9 Å². The van der Waals surface area contributed by atoms with Crippen LogP contribution >= 0.6 is 0 Å². The lowest BCUT2D eigenvalue weighted by Gasteiger charge is -2.15. The number of H-pyrrole nitrogens is 1. The molecule has 4 rings (SSSR count). The van der Waals surface area contributed by atoms with Gasteiger partial charge in [0.25, 0.3) is 10.9 Å². The van der Waals surface area contributed by atoms with Gasteiger partial charge in [0.15, 0.2) is 0 Å². The van der Waals surface area contributed by atoms with Crippen molar-refractivity contribution in [2.24, 2.45) is 0 Å². The maximum absolute atomic E-state index is 13.2. The number of halogens is 1. The summed E-state index contributed by atoms with van der Waals surface area (Å²) < 4.78 is 13.2. The summed E-state index contributed by atoms with van der Waals surface area (Å²) in [4.78, 5) is 30.8. The summed E-state index contributed by atoms with van der Waals surface area (Å²) in [6.45, 7) is 0.246. The number of rotatable bonds is 5. The summed E-state index contributed by atoms with van der Waals surface area (Å²) >= 11 is 0. The Hall–Kier alpha value is -3.48. The highest BCUT2D eigenvalue weighted by Gasteiger charge is 2.21. The minimum atomic E-state index is -0.584. The predicted molar refractivity (Wildman–Crippen MR) is 94.5 cm³/mol. The van der Waals surface area contributed by atoms with Crippen molar-refractivity contribution in [2.45, 2.75) is 6.54 Å². The summed E-state index contributed by atoms with van der Waals surface area (Å²) in [5.41, 5.74) is 2.20. The van der Waals surface area contributed by atoms with Gasteiger partial charge in [0.05, 0.1) is 17.4 Å². The van der Waals surface area contributed by atoms with Gasteiger partial charge in [0, 0.05) is 12.2 Å². The second-order valence-corrected chi connectivity index (χ2v) is 5.65. The molecule has 0 aliphatic rings. The minimum Gasteiger partial charge on any atom is -0.376 e. The molecule has 25 heavy (non-hydrogen) atoms. The van der Waals surface area contributed by atoms with E-state index in [4.69, 9.17) is 0 Å². The Bertz CT molecular complexity index is 1140. The van der Waals surface area contributed by atoms with E-state index in [0.717, 1.165) is 11.0 Å². The Kier molecular flexibility index (Phi) is 3.53. The average Bonchev–Trinajstić information content (AvgIpc) is 3.08. The maximum Gasteiger partial charge on any atom is 0.253 e. The van der Waals surface area contributed by atoms with Crippen LogP contribution < -0.4 is 21.5 Å². The molecule has 3 aromatic carbocycles. The van der Waals surface area contributed by atoms with E-state index in [1.165, 1.54) is 12.1 Å². The second kappa shape index (κ2) is 5.86. The van der Waals surface area contributed by atoms with Crippen molar-refractivity contribution in [3.63, 3.8) is 0 Å². The molecule has 1 heterocycles. The maximum atomic E-state index is 13.2. The molecule has 0 fully saturated rings. The molecule has 0 aliphatic carbocycles. The first-order valence-electron chi connectivity index (χ1n) is 7.63. The van der Waals surface area contributed by atoms with E-state index in [-0.39, 0.29) is 23.7 Å². The van der Waals surface area contributed by atoms with Gasteiger partial charge in [-0.25, -0.2) is 9.37 Å². The molecule has 0 bridgehead atoms. The summed E-state index contributed by atoms with van der Waals surface area (Å²) in [7, 11) is 0. The van der Waals surface area contributed by atoms with E-state index >= 15 is 0 Å². The first-order chi connectivity index (χ1) is 12.1. The monoisotopic (exact) mass is 336 g/mol. The lowest BCUT2D eigenvalue weighted by Crippen LogP contribution is -2.36. The number of anilines is 3. The Morgan fingerprint density at radius 1 is 1.04 bits per heavy atom. The molecule has 0 spiro atoms. The molecule has 0 saturated carbocycles. The highest BCUT2D eigenvalue weighted by molar-refractivity contribution is 5.84. The standard InChI is InChI=1S/C18H13FN4O2/c19-11-3-1-2-10(6-11)8-20-15-16(18(25)17(15)24)23-12-4-5-13-14(7-12)22-9-21-13/h1-7,9,20,23H,8H2,(H,21,22). The number of benzene rings is 2. The van der Waals surface area contributed by atoms with Crippen LogP contribution in [0.3, 0.4) is 0 Å². The van der Waals surface area contributed by atoms with Crippen LogP contribution in [0.2, 0.25) is 0 Å². The normalized spacial score (nSPS) is 11.1. The Labute approximate surface area is 141 Å². The molecule has 7 heteroatoms. The van der Waals surface area contributed by atoms with Gasteiger partial charge in [0.2, 0.25) is 0 Å².